The second kappa shape index (κ2) is 3.00. The van der Waals surface area contributed by atoms with Crippen molar-refractivity contribution < 1.29 is 4.74 Å². The van der Waals surface area contributed by atoms with Crippen molar-refractivity contribution in [1.29, 1.82) is 0 Å². The maximum atomic E-state index is 6.09. The fraction of sp³-hybridized carbons (Fsp3) is 1.00. The lowest BCUT2D eigenvalue weighted by atomic mass is 9.76. The predicted octanol–water partition coefficient (Wildman–Crippen LogP) is 1.54. The maximum Gasteiger partial charge on any atom is 0.0625 e. The highest BCUT2D eigenvalue weighted by molar-refractivity contribution is 4.94. The molecule has 1 saturated carbocycles. The van der Waals surface area contributed by atoms with Crippen LogP contribution in [0.3, 0.4) is 0 Å². The minimum atomic E-state index is 0.392. The Bertz CT molecular complexity index is 171. The second-order valence-corrected chi connectivity index (χ2v) is 4.41. The zero-order valence-electron chi connectivity index (χ0n) is 7.99. The average Bonchev–Trinajstić information content (AvgIpc) is 2.29. The Kier molecular flexibility index (Phi) is 2.13. The Labute approximate surface area is 74.5 Å². The molecule has 2 nitrogen and oxygen atoms in total. The first kappa shape index (κ1) is 8.52. The van der Waals surface area contributed by atoms with Gasteiger partial charge in [-0.3, -0.25) is 0 Å². The number of hydrogen-bond acceptors (Lipinski definition) is 2. The monoisotopic (exact) mass is 169 g/mol. The SMILES string of the molecule is C[C@H]1[C@H]2[C@@H](N)CCC[C@H]2O[C@H]1C. The van der Waals surface area contributed by atoms with Crippen LogP contribution in [0.4, 0.5) is 0 Å². The van der Waals surface area contributed by atoms with E-state index < -0.39 is 0 Å². The van der Waals surface area contributed by atoms with Crippen LogP contribution in [0.25, 0.3) is 0 Å². The van der Waals surface area contributed by atoms with Gasteiger partial charge in [-0.2, -0.15) is 0 Å². The van der Waals surface area contributed by atoms with E-state index in [1.54, 1.807) is 0 Å². The summed E-state index contributed by atoms with van der Waals surface area (Å²) in [5, 5.41) is 0. The van der Waals surface area contributed by atoms with Crippen molar-refractivity contribution in [2.45, 2.75) is 51.4 Å². The van der Waals surface area contributed by atoms with E-state index in [0.29, 0.717) is 30.1 Å². The van der Waals surface area contributed by atoms with E-state index in [1.807, 2.05) is 0 Å². The summed E-state index contributed by atoms with van der Waals surface area (Å²) < 4.78 is 5.87. The first-order chi connectivity index (χ1) is 5.70. The molecule has 5 atom stereocenters. The van der Waals surface area contributed by atoms with Crippen LogP contribution in [0.1, 0.15) is 33.1 Å². The molecule has 2 aliphatic rings. The summed E-state index contributed by atoms with van der Waals surface area (Å²) in [5.74, 6) is 1.29. The van der Waals surface area contributed by atoms with Crippen molar-refractivity contribution >= 4 is 0 Å². The van der Waals surface area contributed by atoms with Gasteiger partial charge in [-0.25, -0.2) is 0 Å². The maximum absolute atomic E-state index is 6.09. The molecule has 2 N–H and O–H groups in total. The number of nitrogens with two attached hydrogens (primary N) is 1. The summed E-state index contributed by atoms with van der Waals surface area (Å²) >= 11 is 0. The Balaban J connectivity index is 2.12. The minimum absolute atomic E-state index is 0.392. The van der Waals surface area contributed by atoms with E-state index in [2.05, 4.69) is 13.8 Å². The van der Waals surface area contributed by atoms with E-state index in [-0.39, 0.29) is 0 Å². The van der Waals surface area contributed by atoms with Crippen molar-refractivity contribution in [2.75, 3.05) is 0 Å². The predicted molar refractivity (Wildman–Crippen MR) is 48.8 cm³/mol. The quantitative estimate of drug-likeness (QED) is 0.597. The third-order valence-electron chi connectivity index (χ3n) is 3.69. The van der Waals surface area contributed by atoms with Gasteiger partial charge < -0.3 is 10.5 Å². The number of hydrogen-bond donors (Lipinski definition) is 1. The molecule has 0 radical (unpaired) electrons. The minimum Gasteiger partial charge on any atom is -0.375 e. The van der Waals surface area contributed by atoms with Crippen molar-refractivity contribution in [2.24, 2.45) is 17.6 Å². The molecule has 0 aromatic carbocycles. The molecule has 0 spiro atoms. The van der Waals surface area contributed by atoms with E-state index >= 15 is 0 Å². The molecule has 1 saturated heterocycles. The van der Waals surface area contributed by atoms with Gasteiger partial charge in [0, 0.05) is 12.0 Å². The van der Waals surface area contributed by atoms with Crippen LogP contribution in [-0.2, 0) is 4.74 Å². The van der Waals surface area contributed by atoms with Crippen molar-refractivity contribution in [3.63, 3.8) is 0 Å². The molecule has 0 unspecified atom stereocenters. The Hall–Kier alpha value is -0.0800. The normalized spacial score (nSPS) is 53.8. The van der Waals surface area contributed by atoms with Crippen molar-refractivity contribution in [3.8, 4) is 0 Å². The van der Waals surface area contributed by atoms with Crippen LogP contribution in [-0.4, -0.2) is 18.2 Å². The topological polar surface area (TPSA) is 35.2 Å². The van der Waals surface area contributed by atoms with Gasteiger partial charge in [-0.15, -0.1) is 0 Å². The van der Waals surface area contributed by atoms with Crippen molar-refractivity contribution in [3.05, 3.63) is 0 Å². The molecule has 0 bridgehead atoms. The first-order valence-corrected chi connectivity index (χ1v) is 5.11. The lowest BCUT2D eigenvalue weighted by Crippen LogP contribution is -2.41. The van der Waals surface area contributed by atoms with Gasteiger partial charge in [-0.05, 0) is 32.1 Å². The molecule has 2 fully saturated rings. The van der Waals surface area contributed by atoms with Gasteiger partial charge in [0.15, 0.2) is 0 Å². The van der Waals surface area contributed by atoms with E-state index in [1.165, 1.54) is 19.3 Å². The lowest BCUT2D eigenvalue weighted by molar-refractivity contribution is 0.0216. The molecule has 1 aliphatic carbocycles. The Morgan fingerprint density at radius 1 is 1.25 bits per heavy atom. The Morgan fingerprint density at radius 2 is 2.00 bits per heavy atom. The van der Waals surface area contributed by atoms with E-state index in [4.69, 9.17) is 10.5 Å². The number of ether oxygens (including phenoxy) is 1. The molecule has 12 heavy (non-hydrogen) atoms. The zero-order chi connectivity index (χ0) is 8.72. The molecule has 0 amide bonds. The molecule has 2 heteroatoms. The molecule has 1 heterocycles. The highest BCUT2D eigenvalue weighted by atomic mass is 16.5. The largest absolute Gasteiger partial charge is 0.375 e. The third kappa shape index (κ3) is 1.17. The number of fused-ring (bicyclic) bond motifs is 1. The number of rotatable bonds is 0. The van der Waals surface area contributed by atoms with Gasteiger partial charge >= 0.3 is 0 Å². The fourth-order valence-corrected chi connectivity index (χ4v) is 2.82. The summed E-state index contributed by atoms with van der Waals surface area (Å²) in [5.41, 5.74) is 6.09. The van der Waals surface area contributed by atoms with E-state index in [9.17, 15) is 0 Å². The second-order valence-electron chi connectivity index (χ2n) is 4.41. The molecule has 70 valence electrons. The molecule has 1 aliphatic heterocycles. The first-order valence-electron chi connectivity index (χ1n) is 5.11. The van der Waals surface area contributed by atoms with Crippen molar-refractivity contribution in [1.82, 2.24) is 0 Å². The van der Waals surface area contributed by atoms with Crippen LogP contribution in [0.15, 0.2) is 0 Å². The van der Waals surface area contributed by atoms with Gasteiger partial charge in [0.2, 0.25) is 0 Å². The summed E-state index contributed by atoms with van der Waals surface area (Å²) in [6, 6.07) is 0.392. The summed E-state index contributed by atoms with van der Waals surface area (Å²) in [7, 11) is 0. The zero-order valence-corrected chi connectivity index (χ0v) is 7.99. The van der Waals surface area contributed by atoms with Gasteiger partial charge in [0.25, 0.3) is 0 Å². The van der Waals surface area contributed by atoms with E-state index in [0.717, 1.165) is 0 Å². The molecule has 2 rings (SSSR count). The highest BCUT2D eigenvalue weighted by Crippen LogP contribution is 2.40. The van der Waals surface area contributed by atoms with Crippen LogP contribution >= 0.6 is 0 Å². The molecule has 0 aromatic heterocycles. The summed E-state index contributed by atoms with van der Waals surface area (Å²) in [6.07, 6.45) is 4.57. The molecular weight excluding hydrogens is 150 g/mol. The van der Waals surface area contributed by atoms with Gasteiger partial charge in [0.05, 0.1) is 12.2 Å². The lowest BCUT2D eigenvalue weighted by Gasteiger charge is -2.31. The molecular formula is C10H19NO. The fourth-order valence-electron chi connectivity index (χ4n) is 2.82. The van der Waals surface area contributed by atoms with Crippen LogP contribution in [0, 0.1) is 11.8 Å². The average molecular weight is 169 g/mol. The summed E-state index contributed by atoms with van der Waals surface area (Å²) in [6.45, 7) is 4.45. The van der Waals surface area contributed by atoms with Crippen LogP contribution < -0.4 is 5.73 Å². The summed E-state index contributed by atoms with van der Waals surface area (Å²) in [4.78, 5) is 0. The molecule has 0 aromatic rings. The van der Waals surface area contributed by atoms with Crippen LogP contribution in [0.2, 0.25) is 0 Å². The standard InChI is InChI=1S/C10H19NO/c1-6-7(2)12-9-5-3-4-8(11)10(6)9/h6-10H,3-5,11H2,1-2H3/t6-,7+,8+,9-,10+/m1/s1. The van der Waals surface area contributed by atoms with Gasteiger partial charge in [-0.1, -0.05) is 6.92 Å². The van der Waals surface area contributed by atoms with Gasteiger partial charge in [0.1, 0.15) is 0 Å². The highest BCUT2D eigenvalue weighted by Gasteiger charge is 2.44. The Morgan fingerprint density at radius 3 is 2.67 bits per heavy atom. The smallest absolute Gasteiger partial charge is 0.0625 e. The third-order valence-corrected chi connectivity index (χ3v) is 3.69. The van der Waals surface area contributed by atoms with Crippen LogP contribution in [0.5, 0.6) is 0 Å².